The van der Waals surface area contributed by atoms with Crippen LogP contribution in [0.1, 0.15) is 25.0 Å². The molecule has 0 amide bonds. The molecule has 0 spiro atoms. The third-order valence-electron chi connectivity index (χ3n) is 6.66. The van der Waals surface area contributed by atoms with Crippen LogP contribution in [0.25, 0.3) is 16.9 Å². The lowest BCUT2D eigenvalue weighted by Crippen LogP contribution is -2.47. The van der Waals surface area contributed by atoms with Gasteiger partial charge in [-0.15, -0.1) is 10.2 Å². The van der Waals surface area contributed by atoms with Gasteiger partial charge in [0.2, 0.25) is 5.88 Å². The van der Waals surface area contributed by atoms with E-state index in [1.807, 2.05) is 25.3 Å². The summed E-state index contributed by atoms with van der Waals surface area (Å²) in [6, 6.07) is 10.9. The Balaban J connectivity index is 1.17. The molecule has 2 aromatic heterocycles. The van der Waals surface area contributed by atoms with Crippen LogP contribution in [0, 0.1) is 12.8 Å². The fourth-order valence-corrected chi connectivity index (χ4v) is 5.04. The summed E-state index contributed by atoms with van der Waals surface area (Å²) in [5, 5.41) is 26.6. The summed E-state index contributed by atoms with van der Waals surface area (Å²) in [6.45, 7) is 1.91. The highest BCUT2D eigenvalue weighted by Gasteiger charge is 2.70. The Labute approximate surface area is 172 Å². The van der Waals surface area contributed by atoms with Crippen molar-refractivity contribution < 1.29 is 14.2 Å². The number of piperidine rings is 2. The first kappa shape index (κ1) is 17.8. The molecule has 2 N–H and O–H groups in total. The van der Waals surface area contributed by atoms with E-state index in [9.17, 15) is 9.50 Å². The molecule has 3 aliphatic rings. The van der Waals surface area contributed by atoms with E-state index < -0.39 is 5.67 Å². The summed E-state index contributed by atoms with van der Waals surface area (Å²) < 4.78 is 22.3. The van der Waals surface area contributed by atoms with E-state index in [4.69, 9.17) is 4.74 Å². The molecule has 2 bridgehead atoms. The Morgan fingerprint density at radius 1 is 1.20 bits per heavy atom. The molecular formula is C22H22FN5O2. The molecule has 6 rings (SSSR count). The monoisotopic (exact) mass is 407 g/mol. The molecular weight excluding hydrogens is 385 g/mol. The van der Waals surface area contributed by atoms with Crippen LogP contribution < -0.4 is 10.1 Å². The molecule has 2 aliphatic heterocycles. The van der Waals surface area contributed by atoms with Crippen LogP contribution >= 0.6 is 0 Å². The lowest BCUT2D eigenvalue weighted by molar-refractivity contribution is 0.104. The third-order valence-corrected chi connectivity index (χ3v) is 6.66. The third kappa shape index (κ3) is 2.78. The number of nitrogens with one attached hydrogen (secondary N) is 1. The van der Waals surface area contributed by atoms with E-state index in [0.717, 1.165) is 17.8 Å². The molecule has 154 valence electrons. The smallest absolute Gasteiger partial charge is 0.233 e. The van der Waals surface area contributed by atoms with Gasteiger partial charge in [-0.1, -0.05) is 0 Å². The molecule has 3 fully saturated rings. The SMILES string of the molecule is Cc1ccn(-c2ccc(-c3ccc(OC4CC5NC(C4)C4(F)CC54)nn3)c(O)c2)n1. The summed E-state index contributed by atoms with van der Waals surface area (Å²) in [4.78, 5) is 0. The van der Waals surface area contributed by atoms with Crippen molar-refractivity contribution in [1.29, 1.82) is 0 Å². The first-order valence-electron chi connectivity index (χ1n) is 10.3. The van der Waals surface area contributed by atoms with E-state index in [1.165, 1.54) is 0 Å². The number of phenolic OH excluding ortho intramolecular Hbond substituents is 1. The van der Waals surface area contributed by atoms with Gasteiger partial charge in [0, 0.05) is 54.7 Å². The zero-order valence-electron chi connectivity index (χ0n) is 16.5. The predicted molar refractivity (Wildman–Crippen MR) is 107 cm³/mol. The quantitative estimate of drug-likeness (QED) is 0.692. The Morgan fingerprint density at radius 3 is 2.80 bits per heavy atom. The molecule has 30 heavy (non-hydrogen) atoms. The van der Waals surface area contributed by atoms with Crippen molar-refractivity contribution >= 4 is 0 Å². The van der Waals surface area contributed by atoms with Crippen molar-refractivity contribution in [3.63, 3.8) is 0 Å². The normalized spacial score (nSPS) is 31.4. The topological polar surface area (TPSA) is 85.1 Å². The second kappa shape index (κ2) is 6.25. The van der Waals surface area contributed by atoms with Crippen LogP contribution in [0.4, 0.5) is 4.39 Å². The fourth-order valence-electron chi connectivity index (χ4n) is 5.04. The number of nitrogens with zero attached hydrogens (tertiary/aromatic N) is 4. The van der Waals surface area contributed by atoms with Crippen LogP contribution in [0.2, 0.25) is 0 Å². The van der Waals surface area contributed by atoms with Crippen LogP contribution in [-0.2, 0) is 0 Å². The van der Waals surface area contributed by atoms with Crippen molar-refractivity contribution in [1.82, 2.24) is 25.3 Å². The number of benzene rings is 1. The van der Waals surface area contributed by atoms with Crippen LogP contribution in [0.5, 0.6) is 11.6 Å². The summed E-state index contributed by atoms with van der Waals surface area (Å²) in [5.74, 6) is 0.682. The maximum absolute atomic E-state index is 14.6. The highest BCUT2D eigenvalue weighted by atomic mass is 19.1. The molecule has 0 radical (unpaired) electrons. The van der Waals surface area contributed by atoms with Crippen LogP contribution in [0.3, 0.4) is 0 Å². The summed E-state index contributed by atoms with van der Waals surface area (Å²) in [7, 11) is 0. The van der Waals surface area contributed by atoms with Crippen molar-refractivity contribution in [3.05, 3.63) is 48.3 Å². The highest BCUT2D eigenvalue weighted by molar-refractivity contribution is 5.68. The Kier molecular flexibility index (Phi) is 3.71. The molecule has 5 atom stereocenters. The molecule has 7 nitrogen and oxygen atoms in total. The summed E-state index contributed by atoms with van der Waals surface area (Å²) in [5.41, 5.74) is 1.79. The minimum atomic E-state index is -1.02. The van der Waals surface area contributed by atoms with Crippen molar-refractivity contribution in [2.24, 2.45) is 5.92 Å². The van der Waals surface area contributed by atoms with Gasteiger partial charge in [0.25, 0.3) is 0 Å². The number of rotatable bonds is 4. The predicted octanol–water partition coefficient (Wildman–Crippen LogP) is 2.95. The summed E-state index contributed by atoms with van der Waals surface area (Å²) >= 11 is 0. The van der Waals surface area contributed by atoms with Gasteiger partial charge in [0.1, 0.15) is 17.5 Å². The van der Waals surface area contributed by atoms with Crippen LogP contribution in [-0.4, -0.2) is 48.9 Å². The number of phenols is 1. The molecule has 3 aromatic rings. The lowest BCUT2D eigenvalue weighted by atomic mass is 9.97. The van der Waals surface area contributed by atoms with Crippen molar-refractivity contribution in [2.45, 2.75) is 50.0 Å². The van der Waals surface area contributed by atoms with Crippen LogP contribution in [0.15, 0.2) is 42.6 Å². The molecule has 4 heterocycles. The Morgan fingerprint density at radius 2 is 2.10 bits per heavy atom. The van der Waals surface area contributed by atoms with E-state index >= 15 is 0 Å². The van der Waals surface area contributed by atoms with E-state index in [-0.39, 0.29) is 29.9 Å². The first-order valence-corrected chi connectivity index (χ1v) is 10.3. The number of hydrogen-bond donors (Lipinski definition) is 2. The zero-order chi connectivity index (χ0) is 20.5. The van der Waals surface area contributed by atoms with E-state index in [2.05, 4.69) is 20.6 Å². The number of aryl methyl sites for hydroxylation is 1. The number of alkyl halides is 1. The molecule has 8 heteroatoms. The van der Waals surface area contributed by atoms with Gasteiger partial charge in [-0.3, -0.25) is 0 Å². The van der Waals surface area contributed by atoms with Gasteiger partial charge in [0.05, 0.1) is 17.1 Å². The molecule has 1 aromatic carbocycles. The van der Waals surface area contributed by atoms with Gasteiger partial charge in [0.15, 0.2) is 0 Å². The van der Waals surface area contributed by atoms with E-state index in [0.29, 0.717) is 30.0 Å². The van der Waals surface area contributed by atoms with Crippen molar-refractivity contribution in [2.75, 3.05) is 0 Å². The minimum absolute atomic E-state index is 0.0490. The zero-order valence-corrected chi connectivity index (χ0v) is 16.5. The van der Waals surface area contributed by atoms with E-state index in [1.54, 1.807) is 28.9 Å². The second-order valence-electron chi connectivity index (χ2n) is 8.63. The summed E-state index contributed by atoms with van der Waals surface area (Å²) in [6.07, 6.45) is 3.94. The number of aromatic hydroxyl groups is 1. The fraction of sp³-hybridized carbons (Fsp3) is 0.409. The standard InChI is InChI=1S/C22H22FN5O2/c1-12-6-7-28(27-12)13-2-3-15(19(29)8-13)17-4-5-21(26-25-17)30-14-9-18-16-11-22(16,23)20(10-14)24-18/h2-8,14,16,18,20,24,29H,9-11H2,1H3. The maximum Gasteiger partial charge on any atom is 0.233 e. The van der Waals surface area contributed by atoms with Gasteiger partial charge in [-0.05, 0) is 37.6 Å². The largest absolute Gasteiger partial charge is 0.507 e. The Hall–Kier alpha value is -3.00. The maximum atomic E-state index is 14.6. The van der Waals surface area contributed by atoms with Gasteiger partial charge in [-0.2, -0.15) is 5.10 Å². The number of hydrogen-bond acceptors (Lipinski definition) is 6. The number of halogens is 1. The second-order valence-corrected chi connectivity index (χ2v) is 8.63. The van der Waals surface area contributed by atoms with Crippen molar-refractivity contribution in [3.8, 4) is 28.6 Å². The van der Waals surface area contributed by atoms with Gasteiger partial charge < -0.3 is 15.2 Å². The van der Waals surface area contributed by atoms with Gasteiger partial charge >= 0.3 is 0 Å². The molecule has 1 aliphatic carbocycles. The lowest BCUT2D eigenvalue weighted by Gasteiger charge is -2.32. The highest BCUT2D eigenvalue weighted by Crippen LogP contribution is 2.60. The number of fused-ring (bicyclic) bond motifs is 5. The average Bonchev–Trinajstić information content (AvgIpc) is 3.18. The minimum Gasteiger partial charge on any atom is -0.507 e. The molecule has 5 unspecified atom stereocenters. The number of aromatic nitrogens is 4. The molecule has 2 saturated heterocycles. The average molecular weight is 407 g/mol. The van der Waals surface area contributed by atoms with Gasteiger partial charge in [-0.25, -0.2) is 9.07 Å². The molecule has 1 saturated carbocycles. The first-order chi connectivity index (χ1) is 14.5. The number of ether oxygens (including phenoxy) is 1. The Bertz CT molecular complexity index is 1120.